The Hall–Kier alpha value is -2.00. The first-order valence-electron chi connectivity index (χ1n) is 5.54. The Kier molecular flexibility index (Phi) is 4.20. The summed E-state index contributed by atoms with van der Waals surface area (Å²) in [6.07, 6.45) is 1.66. The zero-order chi connectivity index (χ0) is 12.8. The number of halogens is 1. The van der Waals surface area contributed by atoms with E-state index in [1.54, 1.807) is 24.4 Å². The summed E-state index contributed by atoms with van der Waals surface area (Å²) < 4.78 is 0. The molecule has 0 bridgehead atoms. The normalized spacial score (nSPS) is 10.7. The molecular formula is C14H13ClN2O. The van der Waals surface area contributed by atoms with Gasteiger partial charge in [-0.1, -0.05) is 41.9 Å². The van der Waals surface area contributed by atoms with E-state index in [9.17, 15) is 5.11 Å². The Balaban J connectivity index is 1.90. The molecule has 0 saturated heterocycles. The van der Waals surface area contributed by atoms with Gasteiger partial charge in [0.05, 0.1) is 17.8 Å². The summed E-state index contributed by atoms with van der Waals surface area (Å²) in [6.45, 7) is 0.670. The fourth-order valence-corrected chi connectivity index (χ4v) is 1.65. The van der Waals surface area contributed by atoms with Crippen molar-refractivity contribution < 1.29 is 5.11 Å². The smallest absolute Gasteiger partial charge is 0.134 e. The fraction of sp³-hybridized carbons (Fsp3) is 0.0714. The number of hydrogen-bond acceptors (Lipinski definition) is 3. The molecule has 0 aliphatic rings. The van der Waals surface area contributed by atoms with Crippen LogP contribution >= 0.6 is 11.6 Å². The van der Waals surface area contributed by atoms with Gasteiger partial charge in [0, 0.05) is 0 Å². The molecule has 18 heavy (non-hydrogen) atoms. The summed E-state index contributed by atoms with van der Waals surface area (Å²) in [5.41, 5.74) is 4.95. The molecule has 0 aromatic heterocycles. The molecule has 2 aromatic rings. The highest BCUT2D eigenvalue weighted by molar-refractivity contribution is 6.32. The number of hydrazone groups is 1. The van der Waals surface area contributed by atoms with Crippen LogP contribution in [0.1, 0.15) is 11.1 Å². The predicted molar refractivity (Wildman–Crippen MR) is 74.0 cm³/mol. The van der Waals surface area contributed by atoms with Gasteiger partial charge in [-0.3, -0.25) is 0 Å². The van der Waals surface area contributed by atoms with Gasteiger partial charge in [0.1, 0.15) is 5.75 Å². The van der Waals surface area contributed by atoms with E-state index in [1.807, 2.05) is 30.3 Å². The maximum Gasteiger partial charge on any atom is 0.134 e. The van der Waals surface area contributed by atoms with Crippen molar-refractivity contribution in [3.63, 3.8) is 0 Å². The van der Waals surface area contributed by atoms with Crippen molar-refractivity contribution in [2.45, 2.75) is 6.54 Å². The molecule has 0 amide bonds. The minimum atomic E-state index is 0.0751. The molecule has 2 rings (SSSR count). The second-order valence-corrected chi connectivity index (χ2v) is 4.20. The van der Waals surface area contributed by atoms with E-state index in [1.165, 1.54) is 5.56 Å². The zero-order valence-corrected chi connectivity index (χ0v) is 10.4. The molecule has 0 heterocycles. The van der Waals surface area contributed by atoms with Crippen molar-refractivity contribution in [1.82, 2.24) is 5.43 Å². The monoisotopic (exact) mass is 260 g/mol. The van der Waals surface area contributed by atoms with Crippen LogP contribution in [0.15, 0.2) is 53.6 Å². The van der Waals surface area contributed by atoms with Gasteiger partial charge >= 0.3 is 0 Å². The van der Waals surface area contributed by atoms with Crippen molar-refractivity contribution >= 4 is 17.8 Å². The molecular weight excluding hydrogens is 248 g/mol. The molecule has 0 aliphatic heterocycles. The van der Waals surface area contributed by atoms with Crippen LogP contribution in [-0.4, -0.2) is 11.3 Å². The molecule has 92 valence electrons. The molecule has 0 spiro atoms. The average Bonchev–Trinajstić information content (AvgIpc) is 2.40. The van der Waals surface area contributed by atoms with E-state index in [0.29, 0.717) is 11.6 Å². The lowest BCUT2D eigenvalue weighted by Crippen LogP contribution is -2.05. The second-order valence-electron chi connectivity index (χ2n) is 3.79. The summed E-state index contributed by atoms with van der Waals surface area (Å²) in [7, 11) is 0. The molecule has 0 fully saturated rings. The zero-order valence-electron chi connectivity index (χ0n) is 9.68. The van der Waals surface area contributed by atoms with Crippen molar-refractivity contribution in [3.05, 3.63) is 64.7 Å². The third-order valence-corrected chi connectivity index (χ3v) is 2.71. The van der Waals surface area contributed by atoms with Gasteiger partial charge in [-0.25, -0.2) is 0 Å². The molecule has 0 unspecified atom stereocenters. The van der Waals surface area contributed by atoms with Crippen LogP contribution in [0.3, 0.4) is 0 Å². The van der Waals surface area contributed by atoms with E-state index in [-0.39, 0.29) is 5.75 Å². The number of rotatable bonds is 4. The number of phenols is 1. The summed E-state index contributed by atoms with van der Waals surface area (Å²) in [4.78, 5) is 0. The van der Waals surface area contributed by atoms with Crippen molar-refractivity contribution in [2.24, 2.45) is 5.10 Å². The molecule has 2 N–H and O–H groups in total. The predicted octanol–water partition coefficient (Wildman–Crippen LogP) is 3.17. The van der Waals surface area contributed by atoms with Gasteiger partial charge in [-0.05, 0) is 29.3 Å². The third kappa shape index (κ3) is 3.50. The SMILES string of the molecule is Oc1ccc(C=NNCc2ccccc2)cc1Cl. The van der Waals surface area contributed by atoms with Crippen LogP contribution in [0.2, 0.25) is 5.02 Å². The van der Waals surface area contributed by atoms with E-state index in [2.05, 4.69) is 10.5 Å². The Bertz CT molecular complexity index is 541. The third-order valence-electron chi connectivity index (χ3n) is 2.40. The van der Waals surface area contributed by atoms with Gasteiger partial charge in [-0.15, -0.1) is 0 Å². The van der Waals surface area contributed by atoms with Gasteiger partial charge in [0.2, 0.25) is 0 Å². The van der Waals surface area contributed by atoms with Gasteiger partial charge < -0.3 is 10.5 Å². The number of hydrogen-bond donors (Lipinski definition) is 2. The van der Waals surface area contributed by atoms with Crippen LogP contribution in [-0.2, 0) is 6.54 Å². The lowest BCUT2D eigenvalue weighted by atomic mass is 10.2. The lowest BCUT2D eigenvalue weighted by Gasteiger charge is -2.00. The molecule has 0 atom stereocenters. The van der Waals surface area contributed by atoms with Crippen molar-refractivity contribution in [3.8, 4) is 5.75 Å². The number of nitrogens with one attached hydrogen (secondary N) is 1. The summed E-state index contributed by atoms with van der Waals surface area (Å²) in [5, 5.41) is 13.7. The molecule has 2 aromatic carbocycles. The number of aromatic hydroxyl groups is 1. The summed E-state index contributed by atoms with van der Waals surface area (Å²) in [5.74, 6) is 0.0751. The standard InChI is InChI=1S/C14H13ClN2O/c15-13-8-12(6-7-14(13)18)10-17-16-9-11-4-2-1-3-5-11/h1-8,10,16,18H,9H2. The van der Waals surface area contributed by atoms with Crippen LogP contribution in [0.4, 0.5) is 0 Å². The first kappa shape index (κ1) is 12.5. The number of benzene rings is 2. The maximum atomic E-state index is 9.27. The lowest BCUT2D eigenvalue weighted by molar-refractivity contribution is 0.475. The van der Waals surface area contributed by atoms with Crippen LogP contribution in [0.25, 0.3) is 0 Å². The second kappa shape index (κ2) is 6.07. The Morgan fingerprint density at radius 2 is 1.94 bits per heavy atom. The minimum absolute atomic E-state index is 0.0751. The van der Waals surface area contributed by atoms with Crippen LogP contribution in [0.5, 0.6) is 5.75 Å². The summed E-state index contributed by atoms with van der Waals surface area (Å²) in [6, 6.07) is 15.0. The van der Waals surface area contributed by atoms with Gasteiger partial charge in [-0.2, -0.15) is 5.10 Å². The Morgan fingerprint density at radius 3 is 2.67 bits per heavy atom. The Morgan fingerprint density at radius 1 is 1.17 bits per heavy atom. The highest BCUT2D eigenvalue weighted by Gasteiger charge is 1.97. The Labute approximate surface area is 111 Å². The molecule has 0 saturated carbocycles. The quantitative estimate of drug-likeness (QED) is 0.655. The number of phenolic OH excluding ortho intramolecular Hbond substituents is 1. The first-order valence-corrected chi connectivity index (χ1v) is 5.92. The van der Waals surface area contributed by atoms with E-state index < -0.39 is 0 Å². The fourth-order valence-electron chi connectivity index (χ4n) is 1.46. The van der Waals surface area contributed by atoms with Crippen molar-refractivity contribution in [1.29, 1.82) is 0 Å². The maximum absolute atomic E-state index is 9.27. The number of nitrogens with zero attached hydrogens (tertiary/aromatic N) is 1. The topological polar surface area (TPSA) is 44.6 Å². The highest BCUT2D eigenvalue weighted by Crippen LogP contribution is 2.22. The van der Waals surface area contributed by atoms with Gasteiger partial charge in [0.15, 0.2) is 0 Å². The van der Waals surface area contributed by atoms with E-state index in [0.717, 1.165) is 5.56 Å². The van der Waals surface area contributed by atoms with Crippen LogP contribution in [0, 0.1) is 0 Å². The molecule has 0 aliphatic carbocycles. The van der Waals surface area contributed by atoms with E-state index >= 15 is 0 Å². The highest BCUT2D eigenvalue weighted by atomic mass is 35.5. The first-order chi connectivity index (χ1) is 8.75. The average molecular weight is 261 g/mol. The molecule has 4 heteroatoms. The van der Waals surface area contributed by atoms with Crippen LogP contribution < -0.4 is 5.43 Å². The summed E-state index contributed by atoms with van der Waals surface area (Å²) >= 11 is 5.79. The van der Waals surface area contributed by atoms with Crippen molar-refractivity contribution in [2.75, 3.05) is 0 Å². The molecule has 0 radical (unpaired) electrons. The van der Waals surface area contributed by atoms with E-state index in [4.69, 9.17) is 11.6 Å². The largest absolute Gasteiger partial charge is 0.506 e. The van der Waals surface area contributed by atoms with Gasteiger partial charge in [0.25, 0.3) is 0 Å². The minimum Gasteiger partial charge on any atom is -0.506 e. The molecule has 3 nitrogen and oxygen atoms in total.